The molecule has 1 unspecified atom stereocenters. The zero-order valence-electron chi connectivity index (χ0n) is 13.6. The third-order valence-electron chi connectivity index (χ3n) is 4.80. The van der Waals surface area contributed by atoms with Gasteiger partial charge in [-0.2, -0.15) is 0 Å². The number of nitrogens with zero attached hydrogens (tertiary/aromatic N) is 1. The Morgan fingerprint density at radius 1 is 1.05 bits per heavy atom. The second-order valence-electron chi connectivity index (χ2n) is 7.13. The second kappa shape index (κ2) is 6.93. The lowest BCUT2D eigenvalue weighted by Crippen LogP contribution is -2.37. The van der Waals surface area contributed by atoms with Gasteiger partial charge in [0.2, 0.25) is 0 Å². The number of benzene rings is 1. The van der Waals surface area contributed by atoms with Crippen LogP contribution >= 0.6 is 0 Å². The van der Waals surface area contributed by atoms with E-state index in [9.17, 15) is 0 Å². The highest BCUT2D eigenvalue weighted by molar-refractivity contribution is 5.24. The summed E-state index contributed by atoms with van der Waals surface area (Å²) in [4.78, 5) is 2.74. The van der Waals surface area contributed by atoms with E-state index in [-0.39, 0.29) is 0 Å². The van der Waals surface area contributed by atoms with Crippen molar-refractivity contribution in [2.24, 2.45) is 11.8 Å². The second-order valence-corrected chi connectivity index (χ2v) is 7.13. The molecular weight excluding hydrogens is 256 g/mol. The van der Waals surface area contributed by atoms with E-state index in [4.69, 9.17) is 0 Å². The first-order valence-corrected chi connectivity index (χ1v) is 8.77. The van der Waals surface area contributed by atoms with Crippen molar-refractivity contribution >= 4 is 0 Å². The zero-order valence-corrected chi connectivity index (χ0v) is 13.6. The Hall–Kier alpha value is -0.860. The van der Waals surface area contributed by atoms with Crippen molar-refractivity contribution in [1.29, 1.82) is 0 Å². The monoisotopic (exact) mass is 286 g/mol. The minimum atomic E-state index is 0.480. The van der Waals surface area contributed by atoms with Crippen LogP contribution in [0.1, 0.15) is 49.8 Å². The Bertz CT molecular complexity index is 417. The Morgan fingerprint density at radius 3 is 2.10 bits per heavy atom. The summed E-state index contributed by atoms with van der Waals surface area (Å²) in [5, 5.41) is 3.69. The number of nitrogens with one attached hydrogen (secondary N) is 1. The van der Waals surface area contributed by atoms with E-state index >= 15 is 0 Å². The summed E-state index contributed by atoms with van der Waals surface area (Å²) in [5.74, 6) is 1.98. The third-order valence-corrected chi connectivity index (χ3v) is 4.80. The van der Waals surface area contributed by atoms with Gasteiger partial charge in [0.05, 0.1) is 0 Å². The lowest BCUT2D eigenvalue weighted by atomic mass is 10.0. The van der Waals surface area contributed by atoms with Crippen molar-refractivity contribution in [3.63, 3.8) is 0 Å². The lowest BCUT2D eigenvalue weighted by Gasteiger charge is -2.28. The van der Waals surface area contributed by atoms with Crippen LogP contribution < -0.4 is 5.32 Å². The van der Waals surface area contributed by atoms with Crippen molar-refractivity contribution in [3.8, 4) is 0 Å². The van der Waals surface area contributed by atoms with E-state index in [0.29, 0.717) is 6.04 Å². The molecule has 0 heterocycles. The van der Waals surface area contributed by atoms with Gasteiger partial charge in [-0.15, -0.1) is 0 Å². The summed E-state index contributed by atoms with van der Waals surface area (Å²) in [6, 6.07) is 9.56. The molecule has 21 heavy (non-hydrogen) atoms. The van der Waals surface area contributed by atoms with Crippen molar-refractivity contribution in [2.75, 3.05) is 26.2 Å². The average molecular weight is 286 g/mol. The zero-order chi connectivity index (χ0) is 14.7. The van der Waals surface area contributed by atoms with Crippen LogP contribution in [-0.4, -0.2) is 31.1 Å². The molecule has 0 aliphatic heterocycles. The van der Waals surface area contributed by atoms with Crippen molar-refractivity contribution in [2.45, 2.75) is 45.6 Å². The standard InChI is InChI=1S/C19H30N2/c1-3-20-19(18-10-4-15(2)5-11-18)14-21(12-16-6-7-16)13-17-8-9-17/h4-5,10-11,16-17,19-20H,3,6-9,12-14H2,1-2H3. The van der Waals surface area contributed by atoms with Gasteiger partial charge in [0, 0.05) is 25.7 Å². The quantitative estimate of drug-likeness (QED) is 0.743. The molecule has 3 rings (SSSR count). The van der Waals surface area contributed by atoms with Gasteiger partial charge in [-0.05, 0) is 56.6 Å². The molecule has 1 N–H and O–H groups in total. The fourth-order valence-electron chi connectivity index (χ4n) is 3.15. The van der Waals surface area contributed by atoms with E-state index < -0.39 is 0 Å². The molecule has 0 saturated heterocycles. The minimum absolute atomic E-state index is 0.480. The van der Waals surface area contributed by atoms with Crippen LogP contribution in [0, 0.1) is 18.8 Å². The van der Waals surface area contributed by atoms with E-state index in [1.165, 1.54) is 56.4 Å². The lowest BCUT2D eigenvalue weighted by molar-refractivity contribution is 0.225. The van der Waals surface area contributed by atoms with Crippen LogP contribution in [0.3, 0.4) is 0 Å². The maximum absolute atomic E-state index is 3.69. The van der Waals surface area contributed by atoms with Crippen LogP contribution in [-0.2, 0) is 0 Å². The van der Waals surface area contributed by atoms with Gasteiger partial charge in [0.1, 0.15) is 0 Å². The van der Waals surface area contributed by atoms with Gasteiger partial charge in [0.25, 0.3) is 0 Å². The molecule has 1 aromatic rings. The summed E-state index contributed by atoms with van der Waals surface area (Å²) in [5.41, 5.74) is 2.79. The highest BCUT2D eigenvalue weighted by atomic mass is 15.2. The molecule has 1 atom stereocenters. The van der Waals surface area contributed by atoms with Gasteiger partial charge in [-0.1, -0.05) is 36.8 Å². The Labute approximate surface area is 129 Å². The molecule has 0 amide bonds. The third kappa shape index (κ3) is 4.82. The topological polar surface area (TPSA) is 15.3 Å². The molecule has 0 radical (unpaired) electrons. The Morgan fingerprint density at radius 2 is 1.62 bits per heavy atom. The van der Waals surface area contributed by atoms with Gasteiger partial charge in [0.15, 0.2) is 0 Å². The molecule has 2 aliphatic carbocycles. The summed E-state index contributed by atoms with van der Waals surface area (Å²) >= 11 is 0. The van der Waals surface area contributed by atoms with E-state index in [2.05, 4.69) is 48.3 Å². The molecule has 2 fully saturated rings. The van der Waals surface area contributed by atoms with Crippen molar-refractivity contribution < 1.29 is 0 Å². The number of rotatable bonds is 9. The highest BCUT2D eigenvalue weighted by Gasteiger charge is 2.30. The maximum atomic E-state index is 3.69. The van der Waals surface area contributed by atoms with Crippen molar-refractivity contribution in [1.82, 2.24) is 10.2 Å². The van der Waals surface area contributed by atoms with Crippen molar-refractivity contribution in [3.05, 3.63) is 35.4 Å². The molecule has 116 valence electrons. The maximum Gasteiger partial charge on any atom is 0.0449 e. The van der Waals surface area contributed by atoms with Crippen LogP contribution in [0.25, 0.3) is 0 Å². The molecule has 2 aliphatic rings. The number of hydrogen-bond acceptors (Lipinski definition) is 2. The number of aryl methyl sites for hydroxylation is 1. The Kier molecular flexibility index (Phi) is 4.97. The average Bonchev–Trinajstić information content (AvgIpc) is 3.35. The summed E-state index contributed by atoms with van der Waals surface area (Å²) in [6.45, 7) is 9.24. The molecule has 2 saturated carbocycles. The number of likely N-dealkylation sites (N-methyl/N-ethyl adjacent to an activating group) is 1. The van der Waals surface area contributed by atoms with Gasteiger partial charge in [-0.3, -0.25) is 0 Å². The minimum Gasteiger partial charge on any atom is -0.309 e. The smallest absolute Gasteiger partial charge is 0.0449 e. The predicted octanol–water partition coefficient (Wildman–Crippen LogP) is 3.77. The molecular formula is C19H30N2. The highest BCUT2D eigenvalue weighted by Crippen LogP contribution is 2.34. The molecule has 0 bridgehead atoms. The largest absolute Gasteiger partial charge is 0.309 e. The summed E-state index contributed by atoms with van der Waals surface area (Å²) < 4.78 is 0. The van der Waals surface area contributed by atoms with E-state index in [0.717, 1.165) is 18.4 Å². The molecule has 2 nitrogen and oxygen atoms in total. The van der Waals surface area contributed by atoms with Gasteiger partial charge in [-0.25, -0.2) is 0 Å². The fourth-order valence-corrected chi connectivity index (χ4v) is 3.15. The van der Waals surface area contributed by atoms with Crippen LogP contribution in [0.4, 0.5) is 0 Å². The van der Waals surface area contributed by atoms with Crippen LogP contribution in [0.15, 0.2) is 24.3 Å². The SMILES string of the molecule is CCNC(CN(CC1CC1)CC1CC1)c1ccc(C)cc1. The van der Waals surface area contributed by atoms with Gasteiger partial charge >= 0.3 is 0 Å². The fraction of sp³-hybridized carbons (Fsp3) is 0.684. The molecule has 2 heteroatoms. The molecule has 1 aromatic carbocycles. The first kappa shape index (κ1) is 15.1. The first-order chi connectivity index (χ1) is 10.2. The first-order valence-electron chi connectivity index (χ1n) is 8.77. The predicted molar refractivity (Wildman–Crippen MR) is 89.5 cm³/mol. The van der Waals surface area contributed by atoms with Gasteiger partial charge < -0.3 is 10.2 Å². The summed E-state index contributed by atoms with van der Waals surface area (Å²) in [7, 11) is 0. The normalized spacial score (nSPS) is 20.0. The number of hydrogen-bond donors (Lipinski definition) is 1. The Balaban J connectivity index is 1.64. The summed E-state index contributed by atoms with van der Waals surface area (Å²) in [6.07, 6.45) is 5.82. The van der Waals surface area contributed by atoms with Crippen LogP contribution in [0.2, 0.25) is 0 Å². The van der Waals surface area contributed by atoms with Crippen LogP contribution in [0.5, 0.6) is 0 Å². The molecule has 0 spiro atoms. The van der Waals surface area contributed by atoms with E-state index in [1.807, 2.05) is 0 Å². The molecule has 0 aromatic heterocycles. The van der Waals surface area contributed by atoms with E-state index in [1.54, 1.807) is 0 Å².